The lowest BCUT2D eigenvalue weighted by atomic mass is 9.99. The number of halogens is 4. The molecule has 2 heterocycles. The number of aromatic hydroxyl groups is 1. The predicted octanol–water partition coefficient (Wildman–Crippen LogP) is -0.00870. The van der Waals surface area contributed by atoms with Crippen molar-refractivity contribution in [1.82, 2.24) is 10.0 Å². The fraction of sp³-hybridized carbons (Fsp3) is 0.385. The average Bonchev–Trinajstić information content (AvgIpc) is 2.79. The molecule has 150 valence electrons. The summed E-state index contributed by atoms with van der Waals surface area (Å²) in [6.45, 7) is 0.371. The highest BCUT2D eigenvalue weighted by Crippen LogP contribution is 2.37. The maximum absolute atomic E-state index is 14.5. The molecule has 1 fully saturated rings. The molecule has 9 nitrogen and oxygen atoms in total. The Morgan fingerprint density at radius 1 is 1.30 bits per heavy atom. The predicted molar refractivity (Wildman–Crippen MR) is 81.6 cm³/mol. The molecule has 0 spiro atoms. The Morgan fingerprint density at radius 2 is 1.89 bits per heavy atom. The fourth-order valence-corrected chi connectivity index (χ4v) is 3.61. The van der Waals surface area contributed by atoms with Crippen molar-refractivity contribution in [3.63, 3.8) is 0 Å². The molecule has 14 heteroatoms. The lowest BCUT2D eigenvalue weighted by molar-refractivity contribution is -0.192. The van der Waals surface area contributed by atoms with Gasteiger partial charge in [0.2, 0.25) is 0 Å². The number of carbonyl (C=O) groups is 2. The Kier molecular flexibility index (Phi) is 5.51. The minimum absolute atomic E-state index is 0.254. The quantitative estimate of drug-likeness (QED) is 0.474. The van der Waals surface area contributed by atoms with Crippen LogP contribution in [0, 0.1) is 5.82 Å². The van der Waals surface area contributed by atoms with E-state index in [1.807, 2.05) is 0 Å². The van der Waals surface area contributed by atoms with E-state index < -0.39 is 52.1 Å². The summed E-state index contributed by atoms with van der Waals surface area (Å²) >= 11 is 0. The molecule has 27 heavy (non-hydrogen) atoms. The molecule has 1 amide bonds. The van der Waals surface area contributed by atoms with Gasteiger partial charge in [-0.25, -0.2) is 18.2 Å². The van der Waals surface area contributed by atoms with Crippen molar-refractivity contribution in [3.05, 3.63) is 23.0 Å². The maximum atomic E-state index is 14.5. The lowest BCUT2D eigenvalue weighted by Crippen LogP contribution is -2.31. The number of rotatable bonds is 1. The first-order valence-corrected chi connectivity index (χ1v) is 8.66. The van der Waals surface area contributed by atoms with Gasteiger partial charge in [0, 0.05) is 12.1 Å². The Morgan fingerprint density at radius 3 is 2.37 bits per heavy atom. The van der Waals surface area contributed by atoms with Crippen LogP contribution in [0.5, 0.6) is 5.75 Å². The molecule has 0 bridgehead atoms. The second kappa shape index (κ2) is 7.19. The van der Waals surface area contributed by atoms with Gasteiger partial charge in [0.1, 0.15) is 18.0 Å². The highest BCUT2D eigenvalue weighted by Gasteiger charge is 2.39. The molecule has 1 saturated heterocycles. The molecule has 0 atom stereocenters. The summed E-state index contributed by atoms with van der Waals surface area (Å²) in [7, 11) is -4.15. The van der Waals surface area contributed by atoms with E-state index >= 15 is 0 Å². The first-order valence-electron chi connectivity index (χ1n) is 7.22. The van der Waals surface area contributed by atoms with Gasteiger partial charge in [0.15, 0.2) is 5.82 Å². The van der Waals surface area contributed by atoms with Crippen LogP contribution in [-0.4, -0.2) is 49.8 Å². The van der Waals surface area contributed by atoms with Crippen molar-refractivity contribution in [3.8, 4) is 5.75 Å². The molecule has 0 aliphatic carbocycles. The number of carboxylic acid groups (broad SMARTS) is 1. The first-order chi connectivity index (χ1) is 12.3. The van der Waals surface area contributed by atoms with Gasteiger partial charge < -0.3 is 15.5 Å². The fourth-order valence-electron chi connectivity index (χ4n) is 2.45. The number of carbonyl (C=O) groups excluding carboxylic acids is 1. The van der Waals surface area contributed by atoms with Gasteiger partial charge in [0.05, 0.1) is 0 Å². The summed E-state index contributed by atoms with van der Waals surface area (Å²) in [6, 6.07) is 1.35. The van der Waals surface area contributed by atoms with E-state index in [4.69, 9.17) is 9.90 Å². The lowest BCUT2D eigenvalue weighted by Gasteiger charge is -2.23. The zero-order chi connectivity index (χ0) is 20.6. The van der Waals surface area contributed by atoms with E-state index in [9.17, 15) is 35.9 Å². The van der Waals surface area contributed by atoms with E-state index in [1.54, 1.807) is 4.72 Å². The number of fused-ring (bicyclic) bond motifs is 1. The third-order valence-electron chi connectivity index (χ3n) is 3.60. The van der Waals surface area contributed by atoms with Crippen LogP contribution < -0.4 is 14.3 Å². The van der Waals surface area contributed by atoms with Gasteiger partial charge in [-0.05, 0) is 24.6 Å². The molecule has 4 N–H and O–H groups in total. The number of hydrogen-bond acceptors (Lipinski definition) is 6. The van der Waals surface area contributed by atoms with E-state index in [0.717, 1.165) is 0 Å². The summed E-state index contributed by atoms with van der Waals surface area (Å²) in [5.41, 5.74) is 0.475. The number of nitrogens with one attached hydrogen (secondary N) is 2. The summed E-state index contributed by atoms with van der Waals surface area (Å²) in [5, 5.41) is 20.0. The second-order valence-electron chi connectivity index (χ2n) is 5.46. The van der Waals surface area contributed by atoms with E-state index in [-0.39, 0.29) is 6.54 Å². The minimum Gasteiger partial charge on any atom is -0.506 e. The van der Waals surface area contributed by atoms with Crippen molar-refractivity contribution < 1.29 is 45.8 Å². The summed E-state index contributed by atoms with van der Waals surface area (Å²) in [4.78, 5) is 20.1. The normalized spacial score (nSPS) is 18.2. The second-order valence-corrected chi connectivity index (χ2v) is 7.06. The number of carboxylic acids is 1. The minimum atomic E-state index is -5.08. The zero-order valence-electron chi connectivity index (χ0n) is 13.3. The summed E-state index contributed by atoms with van der Waals surface area (Å²) < 4.78 is 72.0. The molecular weight excluding hydrogens is 402 g/mol. The highest BCUT2D eigenvalue weighted by atomic mass is 32.2. The molecular formula is C13H13F4N3O6S. The molecule has 3 rings (SSSR count). The van der Waals surface area contributed by atoms with Crippen LogP contribution in [0.4, 0.5) is 23.2 Å². The van der Waals surface area contributed by atoms with Gasteiger partial charge in [-0.3, -0.25) is 4.79 Å². The Bertz CT molecular complexity index is 887. The van der Waals surface area contributed by atoms with Crippen LogP contribution in [0.3, 0.4) is 0 Å². The first kappa shape index (κ1) is 20.7. The zero-order valence-corrected chi connectivity index (χ0v) is 14.1. The highest BCUT2D eigenvalue weighted by molar-refractivity contribution is 7.92. The SMILES string of the molecule is O=C(O)C(F)(F)F.O=C1CN(c2c(O)cc3c(c2F)CNCC3)S(=O)(=O)N1. The third-order valence-corrected chi connectivity index (χ3v) is 4.98. The number of hydrogen-bond donors (Lipinski definition) is 4. The van der Waals surface area contributed by atoms with Crippen LogP contribution >= 0.6 is 0 Å². The number of benzene rings is 1. The molecule has 0 aromatic heterocycles. The molecule has 0 unspecified atom stereocenters. The number of nitrogens with zero attached hydrogens (tertiary/aromatic N) is 1. The Hall–Kier alpha value is -2.61. The number of phenolic OH excluding ortho intramolecular Hbond substituents is 1. The number of anilines is 1. The summed E-state index contributed by atoms with van der Waals surface area (Å²) in [5.74, 6) is -4.82. The number of aliphatic carboxylic acids is 1. The standard InChI is InChI=1S/C11H12FN3O4S.C2HF3O2/c12-10-7-4-13-2-1-6(7)3-8(16)11(10)15-5-9(17)14-20(15,18)19;3-2(4,5)1(6)7/h3,13,16H,1-2,4-5H2,(H,14,17);(H,6,7). The van der Waals surface area contributed by atoms with Gasteiger partial charge in [-0.2, -0.15) is 21.6 Å². The van der Waals surface area contributed by atoms with Gasteiger partial charge in [0.25, 0.3) is 5.91 Å². The van der Waals surface area contributed by atoms with E-state index in [1.165, 1.54) is 6.07 Å². The van der Waals surface area contributed by atoms with Gasteiger partial charge in [-0.15, -0.1) is 0 Å². The molecule has 0 radical (unpaired) electrons. The van der Waals surface area contributed by atoms with Gasteiger partial charge >= 0.3 is 22.4 Å². The van der Waals surface area contributed by atoms with E-state index in [0.29, 0.717) is 28.4 Å². The average molecular weight is 415 g/mol. The molecule has 1 aromatic carbocycles. The van der Waals surface area contributed by atoms with Crippen LogP contribution in [0.25, 0.3) is 0 Å². The smallest absolute Gasteiger partial charge is 0.490 e. The third kappa shape index (κ3) is 4.39. The van der Waals surface area contributed by atoms with Gasteiger partial charge in [-0.1, -0.05) is 0 Å². The molecule has 2 aliphatic rings. The van der Waals surface area contributed by atoms with Crippen LogP contribution in [-0.2, 0) is 32.8 Å². The van der Waals surface area contributed by atoms with Crippen molar-refractivity contribution >= 4 is 27.8 Å². The number of phenols is 1. The molecule has 2 aliphatic heterocycles. The van der Waals surface area contributed by atoms with Crippen LogP contribution in [0.1, 0.15) is 11.1 Å². The van der Waals surface area contributed by atoms with Crippen molar-refractivity contribution in [2.24, 2.45) is 0 Å². The maximum Gasteiger partial charge on any atom is 0.490 e. The Labute approximate surface area is 149 Å². The molecule has 1 aromatic rings. The van der Waals surface area contributed by atoms with Crippen molar-refractivity contribution in [2.75, 3.05) is 17.4 Å². The van der Waals surface area contributed by atoms with Crippen molar-refractivity contribution in [1.29, 1.82) is 0 Å². The number of alkyl halides is 3. The van der Waals surface area contributed by atoms with Crippen molar-refractivity contribution in [2.45, 2.75) is 19.1 Å². The Balaban J connectivity index is 0.000000321. The monoisotopic (exact) mass is 415 g/mol. The van der Waals surface area contributed by atoms with E-state index in [2.05, 4.69) is 5.32 Å². The van der Waals surface area contributed by atoms with Crippen LogP contribution in [0.2, 0.25) is 0 Å². The molecule has 0 saturated carbocycles. The number of amides is 1. The topological polar surface area (TPSA) is 136 Å². The largest absolute Gasteiger partial charge is 0.506 e. The summed E-state index contributed by atoms with van der Waals surface area (Å²) in [6.07, 6.45) is -4.54. The van der Waals surface area contributed by atoms with Crippen LogP contribution in [0.15, 0.2) is 6.07 Å².